The van der Waals surface area contributed by atoms with Crippen molar-refractivity contribution in [1.82, 2.24) is 19.3 Å². The predicted molar refractivity (Wildman–Crippen MR) is 124 cm³/mol. The van der Waals surface area contributed by atoms with Crippen molar-refractivity contribution in [3.8, 4) is 16.9 Å². The largest absolute Gasteiger partial charge is 0.497 e. The fourth-order valence-electron chi connectivity index (χ4n) is 4.24. The van der Waals surface area contributed by atoms with Crippen molar-refractivity contribution < 1.29 is 18.6 Å². The lowest BCUT2D eigenvalue weighted by Gasteiger charge is -2.30. The van der Waals surface area contributed by atoms with Crippen LogP contribution in [0.5, 0.6) is 5.75 Å². The van der Waals surface area contributed by atoms with Crippen LogP contribution < -0.4 is 4.74 Å². The molecule has 0 spiro atoms. The zero-order chi connectivity index (χ0) is 23.7. The van der Waals surface area contributed by atoms with Gasteiger partial charge in [-0.1, -0.05) is 30.3 Å². The summed E-state index contributed by atoms with van der Waals surface area (Å²) < 4.78 is 36.9. The highest BCUT2D eigenvalue weighted by atomic mass is 19.1. The molecule has 1 unspecified atom stereocenters. The van der Waals surface area contributed by atoms with E-state index in [0.29, 0.717) is 0 Å². The van der Waals surface area contributed by atoms with Crippen molar-refractivity contribution >= 4 is 10.9 Å². The van der Waals surface area contributed by atoms with Crippen molar-refractivity contribution in [2.24, 2.45) is 0 Å². The first kappa shape index (κ1) is 21.8. The van der Waals surface area contributed by atoms with Crippen LogP contribution in [0.15, 0.2) is 85.6 Å². The van der Waals surface area contributed by atoms with Crippen molar-refractivity contribution in [2.75, 3.05) is 7.11 Å². The summed E-state index contributed by atoms with van der Waals surface area (Å²) in [6, 6.07) is 18.9. The molecule has 0 radical (unpaired) electrons. The van der Waals surface area contributed by atoms with E-state index < -0.39 is 17.2 Å². The normalized spacial score (nSPS) is 13.2. The molecule has 1 N–H and O–H groups in total. The first-order valence-electron chi connectivity index (χ1n) is 10.7. The molecule has 6 nitrogen and oxygen atoms in total. The summed E-state index contributed by atoms with van der Waals surface area (Å²) >= 11 is 0. The Balaban J connectivity index is 1.56. The van der Waals surface area contributed by atoms with Crippen molar-refractivity contribution in [2.45, 2.75) is 18.7 Å². The van der Waals surface area contributed by atoms with Crippen molar-refractivity contribution in [3.05, 3.63) is 103 Å². The number of hydrogen-bond donors (Lipinski definition) is 1. The Morgan fingerprint density at radius 3 is 2.44 bits per heavy atom. The van der Waals surface area contributed by atoms with Gasteiger partial charge in [-0.05, 0) is 46.8 Å². The van der Waals surface area contributed by atoms with Gasteiger partial charge in [0.1, 0.15) is 35.6 Å². The van der Waals surface area contributed by atoms with Crippen molar-refractivity contribution in [1.29, 1.82) is 0 Å². The van der Waals surface area contributed by atoms with Crippen LogP contribution in [0.4, 0.5) is 8.78 Å². The molecule has 5 aromatic rings. The Labute approximate surface area is 194 Å². The summed E-state index contributed by atoms with van der Waals surface area (Å²) in [7, 11) is 1.62. The zero-order valence-corrected chi connectivity index (χ0v) is 18.4. The summed E-state index contributed by atoms with van der Waals surface area (Å²) in [6.07, 6.45) is 4.63. The number of ether oxygens (including phenoxy) is 1. The fraction of sp³-hybridized carbons (Fsp3) is 0.154. The second-order valence-corrected chi connectivity index (χ2v) is 8.19. The van der Waals surface area contributed by atoms with Gasteiger partial charge in [-0.3, -0.25) is 0 Å². The van der Waals surface area contributed by atoms with Gasteiger partial charge >= 0.3 is 0 Å². The molecule has 1 atom stereocenters. The number of benzene rings is 3. The molecule has 172 valence electrons. The highest BCUT2D eigenvalue weighted by molar-refractivity contribution is 5.85. The third kappa shape index (κ3) is 4.15. The second-order valence-electron chi connectivity index (χ2n) is 8.19. The molecule has 34 heavy (non-hydrogen) atoms. The SMILES string of the molecule is COc1ccc(-c2ccc3ccn(CC(O)(Cn4cncn4)c4ccc(F)cc4F)c3c2)cc1. The van der Waals surface area contributed by atoms with Crippen LogP contribution in [-0.2, 0) is 18.7 Å². The van der Waals surface area contributed by atoms with Gasteiger partial charge < -0.3 is 14.4 Å². The number of halogens is 2. The van der Waals surface area contributed by atoms with E-state index in [0.717, 1.165) is 39.9 Å². The molecule has 2 aromatic heterocycles. The monoisotopic (exact) mass is 460 g/mol. The Kier molecular flexibility index (Phi) is 5.59. The van der Waals surface area contributed by atoms with Crippen LogP contribution in [-0.4, -0.2) is 31.5 Å². The van der Waals surface area contributed by atoms with E-state index in [4.69, 9.17) is 4.74 Å². The molecule has 0 saturated heterocycles. The van der Waals surface area contributed by atoms with Crippen LogP contribution in [0, 0.1) is 11.6 Å². The lowest BCUT2D eigenvalue weighted by Crippen LogP contribution is -2.37. The standard InChI is InChI=1S/C26H22F2N4O2/c1-34-22-7-4-18(5-8-22)20-3-2-19-10-11-31(25(19)12-20)14-26(33,15-32-17-29-16-30-32)23-9-6-21(27)13-24(23)28/h2-13,16-17,33H,14-15H2,1H3. The molecule has 0 aliphatic carbocycles. The van der Waals surface area contributed by atoms with Gasteiger partial charge in [0.25, 0.3) is 0 Å². The first-order chi connectivity index (χ1) is 16.4. The number of hydrogen-bond acceptors (Lipinski definition) is 4. The van der Waals surface area contributed by atoms with E-state index in [1.165, 1.54) is 23.4 Å². The van der Waals surface area contributed by atoms with Gasteiger partial charge in [0, 0.05) is 23.3 Å². The molecule has 5 rings (SSSR count). The Morgan fingerprint density at radius 2 is 1.74 bits per heavy atom. The number of fused-ring (bicyclic) bond motifs is 1. The van der Waals surface area contributed by atoms with Crippen LogP contribution in [0.3, 0.4) is 0 Å². The van der Waals surface area contributed by atoms with Crippen LogP contribution in [0.25, 0.3) is 22.0 Å². The molecule has 0 saturated carbocycles. The minimum atomic E-state index is -1.71. The zero-order valence-electron chi connectivity index (χ0n) is 18.4. The number of nitrogens with zero attached hydrogens (tertiary/aromatic N) is 4. The third-order valence-electron chi connectivity index (χ3n) is 5.95. The number of methoxy groups -OCH3 is 1. The summed E-state index contributed by atoms with van der Waals surface area (Å²) in [5, 5.41) is 16.8. The maximum atomic E-state index is 14.8. The Morgan fingerprint density at radius 1 is 0.941 bits per heavy atom. The lowest BCUT2D eigenvalue weighted by molar-refractivity contribution is -0.00435. The molecule has 0 aliphatic rings. The van der Waals surface area contributed by atoms with Gasteiger partial charge in [0.2, 0.25) is 0 Å². The smallest absolute Gasteiger partial charge is 0.137 e. The number of aromatic nitrogens is 4. The molecular weight excluding hydrogens is 438 g/mol. The summed E-state index contributed by atoms with van der Waals surface area (Å²) in [5.74, 6) is -0.759. The molecule has 8 heteroatoms. The van der Waals surface area contributed by atoms with Crippen LogP contribution in [0.1, 0.15) is 5.56 Å². The molecule has 2 heterocycles. The first-order valence-corrected chi connectivity index (χ1v) is 10.7. The molecule has 0 fully saturated rings. The topological polar surface area (TPSA) is 65.1 Å². The van der Waals surface area contributed by atoms with E-state index in [1.807, 2.05) is 59.3 Å². The molecule has 3 aromatic carbocycles. The maximum absolute atomic E-state index is 14.8. The van der Waals surface area contributed by atoms with Crippen LogP contribution >= 0.6 is 0 Å². The Hall–Kier alpha value is -4.04. The van der Waals surface area contributed by atoms with Gasteiger partial charge in [-0.2, -0.15) is 5.10 Å². The minimum absolute atomic E-state index is 0.0161. The Bertz CT molecular complexity index is 1430. The molecular formula is C26H22F2N4O2. The van der Waals surface area contributed by atoms with E-state index in [2.05, 4.69) is 10.1 Å². The van der Waals surface area contributed by atoms with Gasteiger partial charge in [0.05, 0.1) is 20.2 Å². The minimum Gasteiger partial charge on any atom is -0.497 e. The number of rotatable bonds is 7. The lowest BCUT2D eigenvalue weighted by atomic mass is 9.92. The molecule has 0 bridgehead atoms. The molecule has 0 amide bonds. The van der Waals surface area contributed by atoms with E-state index >= 15 is 0 Å². The van der Waals surface area contributed by atoms with E-state index in [9.17, 15) is 13.9 Å². The highest BCUT2D eigenvalue weighted by Crippen LogP contribution is 2.32. The fourth-order valence-corrected chi connectivity index (χ4v) is 4.24. The average Bonchev–Trinajstić information content (AvgIpc) is 3.48. The average molecular weight is 460 g/mol. The summed E-state index contributed by atoms with van der Waals surface area (Å²) in [6.45, 7) is -0.0433. The highest BCUT2D eigenvalue weighted by Gasteiger charge is 2.34. The molecule has 0 aliphatic heterocycles. The maximum Gasteiger partial charge on any atom is 0.137 e. The van der Waals surface area contributed by atoms with Gasteiger partial charge in [0.15, 0.2) is 0 Å². The number of aliphatic hydroxyl groups is 1. The second kappa shape index (κ2) is 8.72. The van der Waals surface area contributed by atoms with Gasteiger partial charge in [-0.15, -0.1) is 0 Å². The quantitative estimate of drug-likeness (QED) is 0.380. The van der Waals surface area contributed by atoms with E-state index in [1.54, 1.807) is 7.11 Å². The third-order valence-corrected chi connectivity index (χ3v) is 5.95. The summed E-state index contributed by atoms with van der Waals surface area (Å²) in [5.41, 5.74) is 1.14. The summed E-state index contributed by atoms with van der Waals surface area (Å²) in [4.78, 5) is 3.91. The van der Waals surface area contributed by atoms with Crippen molar-refractivity contribution in [3.63, 3.8) is 0 Å². The van der Waals surface area contributed by atoms with E-state index in [-0.39, 0.29) is 18.7 Å². The van der Waals surface area contributed by atoms with Gasteiger partial charge in [-0.25, -0.2) is 18.4 Å². The predicted octanol–water partition coefficient (Wildman–Crippen LogP) is 4.77. The van der Waals surface area contributed by atoms with Crippen LogP contribution in [0.2, 0.25) is 0 Å².